The Labute approximate surface area is 208 Å². The van der Waals surface area contributed by atoms with Crippen molar-refractivity contribution in [3.8, 4) is 5.75 Å². The van der Waals surface area contributed by atoms with Gasteiger partial charge in [-0.3, -0.25) is 4.99 Å². The molecule has 0 amide bonds. The van der Waals surface area contributed by atoms with Crippen LogP contribution in [0.25, 0.3) is 0 Å². The number of rotatable bonds is 10. The molecule has 1 aromatic heterocycles. The quantitative estimate of drug-likeness (QED) is 0.229. The lowest BCUT2D eigenvalue weighted by Gasteiger charge is -2.22. The van der Waals surface area contributed by atoms with Crippen molar-refractivity contribution >= 4 is 29.9 Å². The van der Waals surface area contributed by atoms with Crippen LogP contribution in [-0.4, -0.2) is 47.2 Å². The maximum absolute atomic E-state index is 5.53. The SMILES string of the molecule is CCNC(=NCCc1nccn1Cc1ccccc1)N(C)Cc1ccc(OCC)cc1.I. The Morgan fingerprint density at radius 1 is 1.06 bits per heavy atom. The number of aliphatic imine (C=N–C) groups is 1. The van der Waals surface area contributed by atoms with Gasteiger partial charge in [0.2, 0.25) is 0 Å². The Morgan fingerprint density at radius 2 is 1.81 bits per heavy atom. The second-order valence-corrected chi connectivity index (χ2v) is 7.38. The first-order valence-corrected chi connectivity index (χ1v) is 10.9. The van der Waals surface area contributed by atoms with Crippen LogP contribution in [0.4, 0.5) is 0 Å². The Kier molecular flexibility index (Phi) is 11.1. The summed E-state index contributed by atoms with van der Waals surface area (Å²) in [4.78, 5) is 11.5. The van der Waals surface area contributed by atoms with E-state index in [1.54, 1.807) is 0 Å². The van der Waals surface area contributed by atoms with Crippen molar-refractivity contribution in [1.82, 2.24) is 19.8 Å². The molecule has 7 heteroatoms. The highest BCUT2D eigenvalue weighted by molar-refractivity contribution is 14.0. The van der Waals surface area contributed by atoms with Gasteiger partial charge in [0.15, 0.2) is 5.96 Å². The van der Waals surface area contributed by atoms with Gasteiger partial charge in [0.05, 0.1) is 6.61 Å². The van der Waals surface area contributed by atoms with Crippen molar-refractivity contribution in [2.75, 3.05) is 26.7 Å². The minimum absolute atomic E-state index is 0. The van der Waals surface area contributed by atoms with Gasteiger partial charge in [-0.05, 0) is 37.1 Å². The Bertz CT molecular complexity index is 940. The number of imidazole rings is 1. The summed E-state index contributed by atoms with van der Waals surface area (Å²) < 4.78 is 7.73. The maximum Gasteiger partial charge on any atom is 0.193 e. The molecule has 0 aliphatic heterocycles. The van der Waals surface area contributed by atoms with E-state index in [-0.39, 0.29) is 24.0 Å². The highest BCUT2D eigenvalue weighted by Crippen LogP contribution is 2.13. The molecule has 0 unspecified atom stereocenters. The summed E-state index contributed by atoms with van der Waals surface area (Å²) in [6.45, 7) is 7.89. The van der Waals surface area contributed by atoms with Crippen LogP contribution in [0.15, 0.2) is 72.0 Å². The minimum atomic E-state index is 0. The second kappa shape index (κ2) is 13.8. The number of aromatic nitrogens is 2. The van der Waals surface area contributed by atoms with Crippen LogP contribution in [0.5, 0.6) is 5.75 Å². The van der Waals surface area contributed by atoms with Gasteiger partial charge >= 0.3 is 0 Å². The summed E-state index contributed by atoms with van der Waals surface area (Å²) in [6.07, 6.45) is 4.70. The molecule has 172 valence electrons. The van der Waals surface area contributed by atoms with Gasteiger partial charge in [-0.1, -0.05) is 42.5 Å². The third-order valence-corrected chi connectivity index (χ3v) is 4.94. The van der Waals surface area contributed by atoms with E-state index < -0.39 is 0 Å². The number of guanidine groups is 1. The molecule has 0 atom stereocenters. The highest BCUT2D eigenvalue weighted by Gasteiger charge is 2.08. The molecule has 2 aromatic carbocycles. The lowest BCUT2D eigenvalue weighted by atomic mass is 10.2. The molecule has 0 radical (unpaired) electrons. The van der Waals surface area contributed by atoms with Gasteiger partial charge in [0, 0.05) is 52.0 Å². The van der Waals surface area contributed by atoms with E-state index in [9.17, 15) is 0 Å². The van der Waals surface area contributed by atoms with Crippen LogP contribution in [0.2, 0.25) is 0 Å². The van der Waals surface area contributed by atoms with E-state index in [2.05, 4.69) is 70.1 Å². The summed E-state index contributed by atoms with van der Waals surface area (Å²) in [6, 6.07) is 18.7. The van der Waals surface area contributed by atoms with E-state index >= 15 is 0 Å². The van der Waals surface area contributed by atoms with Crippen LogP contribution >= 0.6 is 24.0 Å². The summed E-state index contributed by atoms with van der Waals surface area (Å²) in [5.41, 5.74) is 2.49. The molecular weight excluding hydrogens is 513 g/mol. The smallest absolute Gasteiger partial charge is 0.193 e. The molecule has 0 spiro atoms. The number of hydrogen-bond donors (Lipinski definition) is 1. The van der Waals surface area contributed by atoms with E-state index in [0.717, 1.165) is 43.6 Å². The average molecular weight is 547 g/mol. The van der Waals surface area contributed by atoms with Crippen molar-refractivity contribution in [2.24, 2.45) is 4.99 Å². The van der Waals surface area contributed by atoms with Crippen molar-refractivity contribution < 1.29 is 4.74 Å². The first-order valence-electron chi connectivity index (χ1n) is 10.9. The van der Waals surface area contributed by atoms with Crippen LogP contribution in [0.3, 0.4) is 0 Å². The maximum atomic E-state index is 5.53. The standard InChI is InChI=1S/C25H33N5O.HI/c1-4-26-25(29(3)19-22-11-13-23(14-12-22)31-5-2)28-16-15-24-27-17-18-30(24)20-21-9-7-6-8-10-21;/h6-14,17-18H,4-5,15-16,19-20H2,1-3H3,(H,26,28);1H. The van der Waals surface area contributed by atoms with Crippen LogP contribution in [0, 0.1) is 0 Å². The van der Waals surface area contributed by atoms with E-state index in [0.29, 0.717) is 13.2 Å². The summed E-state index contributed by atoms with van der Waals surface area (Å²) in [5.74, 6) is 2.86. The van der Waals surface area contributed by atoms with Crippen molar-refractivity contribution in [3.05, 3.63) is 83.9 Å². The van der Waals surface area contributed by atoms with Gasteiger partial charge in [-0.2, -0.15) is 0 Å². The fourth-order valence-electron chi connectivity index (χ4n) is 3.43. The minimum Gasteiger partial charge on any atom is -0.494 e. The first-order chi connectivity index (χ1) is 15.2. The number of nitrogens with zero attached hydrogens (tertiary/aromatic N) is 4. The monoisotopic (exact) mass is 547 g/mol. The lowest BCUT2D eigenvalue weighted by molar-refractivity contribution is 0.340. The van der Waals surface area contributed by atoms with Gasteiger partial charge in [0.1, 0.15) is 11.6 Å². The van der Waals surface area contributed by atoms with Gasteiger partial charge in [-0.25, -0.2) is 4.98 Å². The lowest BCUT2D eigenvalue weighted by Crippen LogP contribution is -2.38. The molecule has 1 N–H and O–H groups in total. The molecule has 1 heterocycles. The fourth-order valence-corrected chi connectivity index (χ4v) is 3.43. The van der Waals surface area contributed by atoms with Crippen LogP contribution in [0.1, 0.15) is 30.8 Å². The summed E-state index contributed by atoms with van der Waals surface area (Å²) in [5, 5.41) is 3.39. The zero-order chi connectivity index (χ0) is 21.9. The summed E-state index contributed by atoms with van der Waals surface area (Å²) >= 11 is 0. The molecule has 0 bridgehead atoms. The zero-order valence-corrected chi connectivity index (χ0v) is 21.5. The molecule has 3 aromatic rings. The average Bonchev–Trinajstić information content (AvgIpc) is 3.22. The predicted molar refractivity (Wildman–Crippen MR) is 142 cm³/mol. The van der Waals surface area contributed by atoms with E-state index in [4.69, 9.17) is 9.73 Å². The molecule has 0 saturated heterocycles. The van der Waals surface area contributed by atoms with Crippen molar-refractivity contribution in [1.29, 1.82) is 0 Å². The zero-order valence-electron chi connectivity index (χ0n) is 19.2. The topological polar surface area (TPSA) is 54.7 Å². The normalized spacial score (nSPS) is 11.0. The van der Waals surface area contributed by atoms with E-state index in [1.807, 2.05) is 37.5 Å². The van der Waals surface area contributed by atoms with Gasteiger partial charge in [-0.15, -0.1) is 24.0 Å². The third-order valence-electron chi connectivity index (χ3n) is 4.94. The molecule has 6 nitrogen and oxygen atoms in total. The molecule has 0 fully saturated rings. The highest BCUT2D eigenvalue weighted by atomic mass is 127. The number of halogens is 1. The first kappa shape index (κ1) is 25.7. The number of ether oxygens (including phenoxy) is 1. The van der Waals surface area contributed by atoms with Crippen LogP contribution in [-0.2, 0) is 19.5 Å². The number of hydrogen-bond acceptors (Lipinski definition) is 3. The van der Waals surface area contributed by atoms with Gasteiger partial charge < -0.3 is 19.5 Å². The van der Waals surface area contributed by atoms with Crippen molar-refractivity contribution in [3.63, 3.8) is 0 Å². The molecular formula is C25H34IN5O. The molecule has 32 heavy (non-hydrogen) atoms. The molecule has 0 aliphatic carbocycles. The van der Waals surface area contributed by atoms with Gasteiger partial charge in [0.25, 0.3) is 0 Å². The Morgan fingerprint density at radius 3 is 2.50 bits per heavy atom. The van der Waals surface area contributed by atoms with Crippen molar-refractivity contribution in [2.45, 2.75) is 33.4 Å². The molecule has 0 aliphatic rings. The number of nitrogens with one attached hydrogen (secondary N) is 1. The largest absolute Gasteiger partial charge is 0.494 e. The fraction of sp³-hybridized carbons (Fsp3) is 0.360. The second-order valence-electron chi connectivity index (χ2n) is 7.38. The predicted octanol–water partition coefficient (Wildman–Crippen LogP) is 4.59. The Balaban J connectivity index is 0.00000363. The van der Waals surface area contributed by atoms with Crippen LogP contribution < -0.4 is 10.1 Å². The van der Waals surface area contributed by atoms with E-state index in [1.165, 1.54) is 11.1 Å². The summed E-state index contributed by atoms with van der Waals surface area (Å²) in [7, 11) is 2.06. The molecule has 0 saturated carbocycles. The Hall–Kier alpha value is -2.55. The third kappa shape index (κ3) is 7.85. The molecule has 3 rings (SSSR count). The number of benzene rings is 2.